The molecule has 5 rings (SSSR count). The van der Waals surface area contributed by atoms with Crippen molar-refractivity contribution in [1.82, 2.24) is 4.98 Å². The number of amides is 1. The second-order valence-electron chi connectivity index (χ2n) is 6.82. The van der Waals surface area contributed by atoms with Crippen molar-refractivity contribution < 1.29 is 9.72 Å². The van der Waals surface area contributed by atoms with E-state index in [9.17, 15) is 14.9 Å². The molecule has 8 heteroatoms. The van der Waals surface area contributed by atoms with Gasteiger partial charge < -0.3 is 4.90 Å². The fourth-order valence-electron chi connectivity index (χ4n) is 3.57. The molecule has 148 valence electrons. The fraction of sp³-hybridized carbons (Fsp3) is 0.0909. The number of para-hydroxylation sites is 2. The highest BCUT2D eigenvalue weighted by molar-refractivity contribution is 8.01. The second kappa shape index (κ2) is 7.55. The van der Waals surface area contributed by atoms with Gasteiger partial charge in [-0.1, -0.05) is 42.1 Å². The van der Waals surface area contributed by atoms with Gasteiger partial charge in [0.2, 0.25) is 0 Å². The molecule has 1 aromatic heterocycles. The number of benzene rings is 3. The van der Waals surface area contributed by atoms with Gasteiger partial charge in [0.05, 0.1) is 20.0 Å². The van der Waals surface area contributed by atoms with Gasteiger partial charge in [-0.25, -0.2) is 4.98 Å². The van der Waals surface area contributed by atoms with Crippen molar-refractivity contribution >= 4 is 50.6 Å². The van der Waals surface area contributed by atoms with E-state index >= 15 is 0 Å². The second-order valence-corrected chi connectivity index (χ2v) is 9.14. The summed E-state index contributed by atoms with van der Waals surface area (Å²) in [5, 5.41) is 11.7. The fourth-order valence-corrected chi connectivity index (χ4v) is 5.68. The van der Waals surface area contributed by atoms with E-state index in [1.54, 1.807) is 17.0 Å². The molecule has 6 nitrogen and oxygen atoms in total. The Morgan fingerprint density at radius 2 is 1.90 bits per heavy atom. The van der Waals surface area contributed by atoms with Crippen molar-refractivity contribution in [3.8, 4) is 0 Å². The number of hydrogen-bond donors (Lipinski definition) is 0. The average Bonchev–Trinajstić information content (AvgIpc) is 3.37. The Morgan fingerprint density at radius 1 is 1.10 bits per heavy atom. The Labute approximate surface area is 180 Å². The van der Waals surface area contributed by atoms with Gasteiger partial charge in [0.15, 0.2) is 4.34 Å². The Hall–Kier alpha value is -3.23. The molecule has 1 aliphatic rings. The first-order valence-electron chi connectivity index (χ1n) is 9.32. The number of thiazole rings is 1. The lowest BCUT2D eigenvalue weighted by Gasteiger charge is -2.17. The van der Waals surface area contributed by atoms with E-state index in [4.69, 9.17) is 0 Å². The molecule has 0 aliphatic carbocycles. The smallest absolute Gasteiger partial charge is 0.284 e. The molecular formula is C22H15N3O3S2. The van der Waals surface area contributed by atoms with Crippen LogP contribution in [0.4, 0.5) is 11.4 Å². The van der Waals surface area contributed by atoms with E-state index < -0.39 is 4.92 Å². The minimum atomic E-state index is -0.440. The third-order valence-electron chi connectivity index (χ3n) is 5.01. The number of nitrogens with zero attached hydrogens (tertiary/aromatic N) is 3. The van der Waals surface area contributed by atoms with Crippen LogP contribution in [-0.4, -0.2) is 22.4 Å². The zero-order valence-corrected chi connectivity index (χ0v) is 17.3. The maximum absolute atomic E-state index is 13.1. The van der Waals surface area contributed by atoms with E-state index in [1.165, 1.54) is 29.2 Å². The van der Waals surface area contributed by atoms with Crippen LogP contribution < -0.4 is 4.90 Å². The van der Waals surface area contributed by atoms with Crippen LogP contribution in [0.2, 0.25) is 0 Å². The van der Waals surface area contributed by atoms with Gasteiger partial charge in [-0.15, -0.1) is 11.3 Å². The van der Waals surface area contributed by atoms with Gasteiger partial charge in [0.1, 0.15) is 0 Å². The molecule has 3 aromatic carbocycles. The van der Waals surface area contributed by atoms with E-state index in [2.05, 4.69) is 4.98 Å². The Bertz CT molecular complexity index is 1270. The normalized spacial score (nSPS) is 12.9. The molecular weight excluding hydrogens is 418 g/mol. The summed E-state index contributed by atoms with van der Waals surface area (Å²) in [4.78, 5) is 31.0. The number of fused-ring (bicyclic) bond motifs is 2. The highest BCUT2D eigenvalue weighted by Crippen LogP contribution is 2.39. The first-order valence-corrected chi connectivity index (χ1v) is 10.9. The van der Waals surface area contributed by atoms with Gasteiger partial charge in [0.25, 0.3) is 11.6 Å². The molecule has 0 spiro atoms. The number of nitro groups is 1. The number of hydrogen-bond acceptors (Lipinski definition) is 6. The summed E-state index contributed by atoms with van der Waals surface area (Å²) < 4.78 is 1.76. The summed E-state index contributed by atoms with van der Waals surface area (Å²) in [6, 6.07) is 20.2. The number of carbonyl (C=O) groups excluding carboxylic acids is 1. The van der Waals surface area contributed by atoms with Crippen LogP contribution in [0, 0.1) is 10.1 Å². The van der Waals surface area contributed by atoms with Crippen LogP contribution in [0.15, 0.2) is 76.0 Å². The summed E-state index contributed by atoms with van der Waals surface area (Å²) in [5.74, 6) is -0.223. The zero-order chi connectivity index (χ0) is 20.7. The molecule has 1 amide bonds. The Balaban J connectivity index is 1.46. The SMILES string of the molecule is O=C(c1ccc(Sc2nc3ccccc3s2)c([N+](=O)[O-])c1)N1CCc2ccccc21. The van der Waals surface area contributed by atoms with Gasteiger partial charge >= 0.3 is 0 Å². The monoisotopic (exact) mass is 433 g/mol. The lowest BCUT2D eigenvalue weighted by Crippen LogP contribution is -2.28. The van der Waals surface area contributed by atoms with Crippen LogP contribution in [0.3, 0.4) is 0 Å². The first kappa shape index (κ1) is 18.8. The van der Waals surface area contributed by atoms with Gasteiger partial charge in [0, 0.05) is 23.9 Å². The molecule has 0 N–H and O–H groups in total. The first-order chi connectivity index (χ1) is 14.6. The topological polar surface area (TPSA) is 76.3 Å². The maximum atomic E-state index is 13.1. The highest BCUT2D eigenvalue weighted by Gasteiger charge is 2.27. The van der Waals surface area contributed by atoms with Crippen LogP contribution in [-0.2, 0) is 6.42 Å². The molecule has 0 fully saturated rings. The van der Waals surface area contributed by atoms with Gasteiger partial charge in [-0.05, 0) is 42.3 Å². The summed E-state index contributed by atoms with van der Waals surface area (Å²) in [5.41, 5.74) is 3.08. The molecule has 0 saturated carbocycles. The number of nitro benzene ring substituents is 1. The Morgan fingerprint density at radius 3 is 2.73 bits per heavy atom. The van der Waals surface area contributed by atoms with Crippen molar-refractivity contribution in [1.29, 1.82) is 0 Å². The maximum Gasteiger partial charge on any atom is 0.284 e. The van der Waals surface area contributed by atoms with Crippen molar-refractivity contribution in [3.05, 3.63) is 88.0 Å². The number of anilines is 1. The third kappa shape index (κ3) is 3.34. The minimum Gasteiger partial charge on any atom is -0.308 e. The van der Waals surface area contributed by atoms with Gasteiger partial charge in [-0.3, -0.25) is 14.9 Å². The van der Waals surface area contributed by atoms with E-state index in [-0.39, 0.29) is 11.6 Å². The van der Waals surface area contributed by atoms with Crippen LogP contribution in [0.25, 0.3) is 10.2 Å². The van der Waals surface area contributed by atoms with Crippen molar-refractivity contribution in [2.75, 3.05) is 11.4 Å². The molecule has 0 radical (unpaired) electrons. The van der Waals surface area contributed by atoms with Crippen molar-refractivity contribution in [2.45, 2.75) is 15.7 Å². The zero-order valence-electron chi connectivity index (χ0n) is 15.6. The summed E-state index contributed by atoms with van der Waals surface area (Å²) in [6.07, 6.45) is 0.787. The molecule has 0 unspecified atom stereocenters. The molecule has 4 aromatic rings. The van der Waals surface area contributed by atoms with Crippen LogP contribution >= 0.6 is 23.1 Å². The van der Waals surface area contributed by atoms with E-state index in [0.717, 1.165) is 32.2 Å². The molecule has 1 aliphatic heterocycles. The minimum absolute atomic E-state index is 0.0856. The summed E-state index contributed by atoms with van der Waals surface area (Å²) in [7, 11) is 0. The summed E-state index contributed by atoms with van der Waals surface area (Å²) >= 11 is 2.74. The average molecular weight is 434 g/mol. The number of carbonyl (C=O) groups is 1. The summed E-state index contributed by atoms with van der Waals surface area (Å²) in [6.45, 7) is 0.578. The standard InChI is InChI=1S/C22H15N3O3S2/c26-21(24-12-11-14-5-1-3-7-17(14)24)15-9-10-20(18(13-15)25(27)28)30-22-23-16-6-2-4-8-19(16)29-22/h1-10,13H,11-12H2. The predicted octanol–water partition coefficient (Wildman–Crippen LogP) is 5.56. The van der Waals surface area contributed by atoms with Crippen molar-refractivity contribution in [3.63, 3.8) is 0 Å². The van der Waals surface area contributed by atoms with Crippen molar-refractivity contribution in [2.24, 2.45) is 0 Å². The number of aromatic nitrogens is 1. The molecule has 0 bridgehead atoms. The van der Waals surface area contributed by atoms with E-state index in [0.29, 0.717) is 17.0 Å². The molecule has 0 saturated heterocycles. The van der Waals surface area contributed by atoms with Crippen LogP contribution in [0.5, 0.6) is 0 Å². The largest absolute Gasteiger partial charge is 0.308 e. The van der Waals surface area contributed by atoms with E-state index in [1.807, 2.05) is 48.5 Å². The quantitative estimate of drug-likeness (QED) is 0.311. The molecule has 0 atom stereocenters. The van der Waals surface area contributed by atoms with Gasteiger partial charge in [-0.2, -0.15) is 0 Å². The third-order valence-corrected chi connectivity index (χ3v) is 7.17. The van der Waals surface area contributed by atoms with Crippen LogP contribution in [0.1, 0.15) is 15.9 Å². The molecule has 30 heavy (non-hydrogen) atoms. The predicted molar refractivity (Wildman–Crippen MR) is 119 cm³/mol. The lowest BCUT2D eigenvalue weighted by atomic mass is 10.1. The Kier molecular flexibility index (Phi) is 4.72. The lowest BCUT2D eigenvalue weighted by molar-refractivity contribution is -0.387. The number of rotatable bonds is 4. The highest BCUT2D eigenvalue weighted by atomic mass is 32.2. The molecule has 2 heterocycles.